The van der Waals surface area contributed by atoms with Crippen LogP contribution in [0.25, 0.3) is 0 Å². The summed E-state index contributed by atoms with van der Waals surface area (Å²) in [7, 11) is 0. The van der Waals surface area contributed by atoms with E-state index in [4.69, 9.17) is 0 Å². The maximum absolute atomic E-state index is 14.1. The zero-order valence-electron chi connectivity index (χ0n) is 11.2. The highest BCUT2D eigenvalue weighted by Crippen LogP contribution is 2.46. The van der Waals surface area contributed by atoms with Gasteiger partial charge in [0, 0.05) is 0 Å². The van der Waals surface area contributed by atoms with Crippen molar-refractivity contribution < 1.29 is 4.39 Å². The predicted molar refractivity (Wildman–Crippen MR) is 64.6 cm³/mol. The lowest BCUT2D eigenvalue weighted by Crippen LogP contribution is -2.38. The lowest BCUT2D eigenvalue weighted by atomic mass is 9.63. The van der Waals surface area contributed by atoms with Gasteiger partial charge < -0.3 is 0 Å². The molecule has 0 aromatic rings. The number of rotatable bonds is 0. The summed E-state index contributed by atoms with van der Waals surface area (Å²) in [6, 6.07) is 0. The average molecular weight is 214 g/mol. The number of alkyl halides is 1. The fourth-order valence-electron chi connectivity index (χ4n) is 2.88. The van der Waals surface area contributed by atoms with Crippen LogP contribution in [-0.2, 0) is 0 Å². The summed E-state index contributed by atoms with van der Waals surface area (Å²) in [6.45, 7) is 13.2. The monoisotopic (exact) mass is 214 g/mol. The molecule has 0 saturated heterocycles. The Morgan fingerprint density at radius 2 is 1.40 bits per heavy atom. The van der Waals surface area contributed by atoms with Crippen molar-refractivity contribution in [3.8, 4) is 0 Å². The van der Waals surface area contributed by atoms with Crippen LogP contribution in [0.4, 0.5) is 4.39 Å². The minimum absolute atomic E-state index is 0.127. The third-order valence-corrected chi connectivity index (χ3v) is 4.11. The van der Waals surface area contributed by atoms with E-state index in [1.54, 1.807) is 0 Å². The van der Waals surface area contributed by atoms with Gasteiger partial charge in [0.05, 0.1) is 0 Å². The van der Waals surface area contributed by atoms with E-state index < -0.39 is 6.17 Å². The molecule has 0 nitrogen and oxygen atoms in total. The Morgan fingerprint density at radius 1 is 0.867 bits per heavy atom. The molecule has 90 valence electrons. The predicted octanol–water partition coefficient (Wildman–Crippen LogP) is 4.83. The first-order valence-electron chi connectivity index (χ1n) is 6.26. The largest absolute Gasteiger partial charge is 0.247 e. The molecule has 0 aromatic heterocycles. The smallest absolute Gasteiger partial charge is 0.104 e. The molecule has 0 aromatic carbocycles. The van der Waals surface area contributed by atoms with Crippen molar-refractivity contribution in [1.82, 2.24) is 0 Å². The molecule has 0 aliphatic heterocycles. The van der Waals surface area contributed by atoms with Crippen molar-refractivity contribution in [2.24, 2.45) is 22.7 Å². The number of hydrogen-bond acceptors (Lipinski definition) is 0. The summed E-state index contributed by atoms with van der Waals surface area (Å²) in [5.41, 5.74) is 0.398. The van der Waals surface area contributed by atoms with Crippen molar-refractivity contribution in [1.29, 1.82) is 0 Å². The molecule has 1 fully saturated rings. The molecule has 0 N–H and O–H groups in total. The molecule has 1 rings (SSSR count). The molecular formula is C14H27F. The fraction of sp³-hybridized carbons (Fsp3) is 1.00. The molecule has 1 heteroatoms. The highest BCUT2D eigenvalue weighted by Gasteiger charge is 2.40. The summed E-state index contributed by atoms with van der Waals surface area (Å²) in [4.78, 5) is 0. The van der Waals surface area contributed by atoms with Gasteiger partial charge in [-0.3, -0.25) is 0 Å². The fourth-order valence-corrected chi connectivity index (χ4v) is 2.88. The first-order valence-corrected chi connectivity index (χ1v) is 6.26. The van der Waals surface area contributed by atoms with E-state index in [-0.39, 0.29) is 16.7 Å². The van der Waals surface area contributed by atoms with Gasteiger partial charge in [-0.15, -0.1) is 0 Å². The van der Waals surface area contributed by atoms with Crippen LogP contribution < -0.4 is 0 Å². The Labute approximate surface area is 94.6 Å². The molecule has 3 unspecified atom stereocenters. The Bertz CT molecular complexity index is 206. The minimum Gasteiger partial charge on any atom is -0.247 e. The second-order valence-electron chi connectivity index (χ2n) is 7.36. The van der Waals surface area contributed by atoms with E-state index in [2.05, 4.69) is 41.5 Å². The summed E-state index contributed by atoms with van der Waals surface area (Å²) in [5.74, 6) is 0.821. The van der Waals surface area contributed by atoms with Crippen LogP contribution in [0, 0.1) is 22.7 Å². The van der Waals surface area contributed by atoms with Crippen molar-refractivity contribution in [3.05, 3.63) is 0 Å². The first kappa shape index (κ1) is 13.0. The second kappa shape index (κ2) is 4.07. The van der Waals surface area contributed by atoms with Crippen molar-refractivity contribution in [2.75, 3.05) is 0 Å². The van der Waals surface area contributed by atoms with E-state index >= 15 is 0 Å². The van der Waals surface area contributed by atoms with Crippen molar-refractivity contribution >= 4 is 0 Å². The molecule has 1 aliphatic rings. The third kappa shape index (κ3) is 3.19. The number of halogens is 1. The molecule has 15 heavy (non-hydrogen) atoms. The summed E-state index contributed by atoms with van der Waals surface area (Å²) < 4.78 is 14.1. The standard InChI is InChI=1S/C14H27F/c1-13(2,3)10-7-8-11(12(15)9-10)14(4,5)6/h10-12H,7-9H2,1-6H3. The quantitative estimate of drug-likeness (QED) is 0.541. The van der Waals surface area contributed by atoms with Crippen LogP contribution in [0.5, 0.6) is 0 Å². The highest BCUT2D eigenvalue weighted by atomic mass is 19.1. The zero-order chi connectivity index (χ0) is 11.9. The average Bonchev–Trinajstić information content (AvgIpc) is 1.99. The Morgan fingerprint density at radius 3 is 1.73 bits per heavy atom. The zero-order valence-corrected chi connectivity index (χ0v) is 11.2. The molecule has 0 amide bonds. The lowest BCUT2D eigenvalue weighted by Gasteiger charge is -2.43. The van der Waals surface area contributed by atoms with E-state index in [1.807, 2.05) is 0 Å². The van der Waals surface area contributed by atoms with Crippen LogP contribution in [0.15, 0.2) is 0 Å². The van der Waals surface area contributed by atoms with E-state index in [0.29, 0.717) is 5.92 Å². The Kier molecular flexibility index (Phi) is 3.52. The van der Waals surface area contributed by atoms with Gasteiger partial charge >= 0.3 is 0 Å². The van der Waals surface area contributed by atoms with E-state index in [0.717, 1.165) is 12.8 Å². The van der Waals surface area contributed by atoms with Gasteiger partial charge in [-0.2, -0.15) is 0 Å². The molecule has 1 aliphatic carbocycles. The van der Waals surface area contributed by atoms with Gasteiger partial charge in [0.25, 0.3) is 0 Å². The van der Waals surface area contributed by atoms with E-state index in [1.165, 1.54) is 6.42 Å². The highest BCUT2D eigenvalue weighted by molar-refractivity contribution is 4.90. The van der Waals surface area contributed by atoms with Crippen LogP contribution >= 0.6 is 0 Å². The summed E-state index contributed by atoms with van der Waals surface area (Å²) in [6.07, 6.45) is 2.44. The van der Waals surface area contributed by atoms with Gasteiger partial charge in [0.15, 0.2) is 0 Å². The topological polar surface area (TPSA) is 0 Å². The molecule has 0 heterocycles. The van der Waals surface area contributed by atoms with Gasteiger partial charge in [0.2, 0.25) is 0 Å². The molecule has 3 atom stereocenters. The Hall–Kier alpha value is -0.0700. The minimum atomic E-state index is -0.594. The maximum atomic E-state index is 14.1. The van der Waals surface area contributed by atoms with Crippen LogP contribution in [0.1, 0.15) is 60.8 Å². The summed E-state index contributed by atoms with van der Waals surface area (Å²) >= 11 is 0. The first-order chi connectivity index (χ1) is 6.62. The molecule has 0 bridgehead atoms. The number of hydrogen-bond donors (Lipinski definition) is 0. The van der Waals surface area contributed by atoms with Crippen molar-refractivity contribution in [2.45, 2.75) is 67.0 Å². The van der Waals surface area contributed by atoms with Gasteiger partial charge in [-0.1, -0.05) is 41.5 Å². The molecule has 0 radical (unpaired) electrons. The Balaban J connectivity index is 2.64. The SMILES string of the molecule is CC(C)(C)C1CCC(C(C)(C)C)C(F)C1. The van der Waals surface area contributed by atoms with Crippen molar-refractivity contribution in [3.63, 3.8) is 0 Å². The van der Waals surface area contributed by atoms with E-state index in [9.17, 15) is 4.39 Å². The lowest BCUT2D eigenvalue weighted by molar-refractivity contribution is 0.0185. The van der Waals surface area contributed by atoms with Crippen LogP contribution in [0.2, 0.25) is 0 Å². The molecule has 1 saturated carbocycles. The van der Waals surface area contributed by atoms with Gasteiger partial charge in [0.1, 0.15) is 6.17 Å². The summed E-state index contributed by atoms with van der Waals surface area (Å²) in [5, 5.41) is 0. The maximum Gasteiger partial charge on any atom is 0.104 e. The van der Waals surface area contributed by atoms with Gasteiger partial charge in [-0.05, 0) is 41.9 Å². The molecular weight excluding hydrogens is 187 g/mol. The van der Waals surface area contributed by atoms with Crippen LogP contribution in [-0.4, -0.2) is 6.17 Å². The normalized spacial score (nSPS) is 34.2. The second-order valence-corrected chi connectivity index (χ2v) is 7.36. The van der Waals surface area contributed by atoms with Gasteiger partial charge in [-0.25, -0.2) is 4.39 Å². The van der Waals surface area contributed by atoms with Crippen LogP contribution in [0.3, 0.4) is 0 Å². The third-order valence-electron chi connectivity index (χ3n) is 4.11. The molecule has 0 spiro atoms.